The molecule has 2 heterocycles. The lowest BCUT2D eigenvalue weighted by atomic mass is 9.95. The lowest BCUT2D eigenvalue weighted by Gasteiger charge is -2.24. The smallest absolute Gasteiger partial charge is 0.178 e. The van der Waals surface area contributed by atoms with Crippen molar-refractivity contribution in [2.24, 2.45) is 11.8 Å². The fourth-order valence-corrected chi connectivity index (χ4v) is 4.94. The van der Waals surface area contributed by atoms with Gasteiger partial charge in [0.05, 0.1) is 22.7 Å². The molecule has 2 aliphatic carbocycles. The molecule has 2 saturated carbocycles. The van der Waals surface area contributed by atoms with Gasteiger partial charge < -0.3 is 9.55 Å². The van der Waals surface area contributed by atoms with E-state index in [1.165, 1.54) is 36.6 Å². The summed E-state index contributed by atoms with van der Waals surface area (Å²) in [6.07, 6.45) is 7.40. The number of nitrogens with zero attached hydrogens (tertiary/aromatic N) is 2. The second kappa shape index (κ2) is 4.17. The first-order valence-electron chi connectivity index (χ1n) is 7.79. The Hall–Kier alpha value is -1.68. The highest BCUT2D eigenvalue weighted by Gasteiger charge is 2.41. The third kappa shape index (κ3) is 1.59. The van der Waals surface area contributed by atoms with Crippen LogP contribution in [0.15, 0.2) is 30.5 Å². The monoisotopic (exact) mass is 295 g/mol. The number of hydrogen-bond donors (Lipinski definition) is 1. The van der Waals surface area contributed by atoms with Crippen LogP contribution in [0.5, 0.6) is 0 Å². The van der Waals surface area contributed by atoms with Crippen LogP contribution in [0.2, 0.25) is 0 Å². The van der Waals surface area contributed by atoms with Crippen LogP contribution in [0, 0.1) is 16.6 Å². The highest BCUT2D eigenvalue weighted by atomic mass is 32.1. The third-order valence-corrected chi connectivity index (χ3v) is 5.78. The zero-order chi connectivity index (χ0) is 14.0. The van der Waals surface area contributed by atoms with Crippen LogP contribution < -0.4 is 0 Å². The van der Waals surface area contributed by atoms with Gasteiger partial charge in [0.15, 0.2) is 4.77 Å². The largest absolute Gasteiger partial charge is 0.329 e. The third-order valence-electron chi connectivity index (χ3n) is 5.48. The van der Waals surface area contributed by atoms with Crippen molar-refractivity contribution in [3.8, 4) is 0 Å². The molecule has 4 heteroatoms. The second-order valence-corrected chi connectivity index (χ2v) is 6.97. The van der Waals surface area contributed by atoms with E-state index in [-0.39, 0.29) is 0 Å². The molecule has 0 saturated heterocycles. The summed E-state index contributed by atoms with van der Waals surface area (Å²) in [6, 6.07) is 8.96. The average molecular weight is 295 g/mol. The fraction of sp³-hybridized carbons (Fsp3) is 0.412. The summed E-state index contributed by atoms with van der Waals surface area (Å²) >= 11 is 5.65. The topological polar surface area (TPSA) is 33.6 Å². The van der Waals surface area contributed by atoms with Crippen LogP contribution >= 0.6 is 12.2 Å². The van der Waals surface area contributed by atoms with Gasteiger partial charge in [-0.15, -0.1) is 0 Å². The number of rotatable bonds is 1. The Morgan fingerprint density at radius 3 is 2.90 bits per heavy atom. The quantitative estimate of drug-likeness (QED) is 0.665. The van der Waals surface area contributed by atoms with E-state index in [1.807, 2.05) is 12.3 Å². The Morgan fingerprint density at radius 2 is 2.10 bits per heavy atom. The molecule has 3 nitrogen and oxygen atoms in total. The highest BCUT2D eigenvalue weighted by molar-refractivity contribution is 7.71. The van der Waals surface area contributed by atoms with Gasteiger partial charge in [0, 0.05) is 11.4 Å². The van der Waals surface area contributed by atoms with Crippen LogP contribution in [0.1, 0.15) is 31.7 Å². The number of hydrogen-bond acceptors (Lipinski definition) is 2. The molecule has 3 unspecified atom stereocenters. The van der Waals surface area contributed by atoms with Gasteiger partial charge in [-0.25, -0.2) is 0 Å². The molecule has 2 aromatic heterocycles. The van der Waals surface area contributed by atoms with Gasteiger partial charge in [-0.2, -0.15) is 0 Å². The lowest BCUT2D eigenvalue weighted by Crippen LogP contribution is -2.16. The normalized spacial score (nSPS) is 27.9. The molecule has 2 bridgehead atoms. The average Bonchev–Trinajstić information content (AvgIpc) is 3.19. The van der Waals surface area contributed by atoms with Crippen LogP contribution in [0.3, 0.4) is 0 Å². The predicted molar refractivity (Wildman–Crippen MR) is 86.9 cm³/mol. The molecule has 3 atom stereocenters. The molecule has 1 N–H and O–H groups in total. The molecule has 106 valence electrons. The molecule has 0 aliphatic heterocycles. The highest BCUT2D eigenvalue weighted by Crippen LogP contribution is 2.51. The van der Waals surface area contributed by atoms with Crippen molar-refractivity contribution in [1.82, 2.24) is 14.5 Å². The number of H-pyrrole nitrogens is 1. The Balaban J connectivity index is 1.84. The molecule has 0 amide bonds. The van der Waals surface area contributed by atoms with E-state index >= 15 is 0 Å². The molecular weight excluding hydrogens is 278 g/mol. The summed E-state index contributed by atoms with van der Waals surface area (Å²) in [6.45, 7) is 0. The predicted octanol–water partition coefficient (Wildman–Crippen LogP) is 4.61. The summed E-state index contributed by atoms with van der Waals surface area (Å²) in [7, 11) is 0. The molecular formula is C17H17N3S. The molecule has 21 heavy (non-hydrogen) atoms. The van der Waals surface area contributed by atoms with Gasteiger partial charge in [-0.05, 0) is 49.4 Å². The standard InChI is InChI=1S/C17H17N3S/c21-17-19-14-9-18-13-4-2-1-3-12(13)16(14)20(17)15-8-10-5-6-11(15)7-10/h1-4,9-11,15H,5-8H2,(H,19,21). The molecule has 5 rings (SSSR count). The van der Waals surface area contributed by atoms with Gasteiger partial charge in [-0.3, -0.25) is 4.98 Å². The maximum atomic E-state index is 5.65. The minimum Gasteiger partial charge on any atom is -0.329 e. The van der Waals surface area contributed by atoms with Gasteiger partial charge in [0.1, 0.15) is 0 Å². The van der Waals surface area contributed by atoms with Crippen LogP contribution in [0.4, 0.5) is 0 Å². The summed E-state index contributed by atoms with van der Waals surface area (Å²) in [5.74, 6) is 1.73. The zero-order valence-electron chi connectivity index (χ0n) is 11.7. The maximum absolute atomic E-state index is 5.65. The van der Waals surface area contributed by atoms with E-state index in [9.17, 15) is 0 Å². The first-order chi connectivity index (χ1) is 10.3. The number of nitrogens with one attached hydrogen (secondary N) is 1. The number of para-hydroxylation sites is 1. The van der Waals surface area contributed by atoms with Crippen LogP contribution in [-0.4, -0.2) is 14.5 Å². The number of imidazole rings is 1. The van der Waals surface area contributed by atoms with E-state index in [2.05, 4.69) is 32.7 Å². The lowest BCUT2D eigenvalue weighted by molar-refractivity contribution is 0.334. The summed E-state index contributed by atoms with van der Waals surface area (Å²) in [4.78, 5) is 7.92. The Morgan fingerprint density at radius 1 is 1.19 bits per heavy atom. The van der Waals surface area contributed by atoms with Crippen molar-refractivity contribution >= 4 is 34.2 Å². The number of benzene rings is 1. The van der Waals surface area contributed by atoms with Crippen molar-refractivity contribution < 1.29 is 0 Å². The van der Waals surface area contributed by atoms with Crippen molar-refractivity contribution in [3.63, 3.8) is 0 Å². The first kappa shape index (κ1) is 11.9. The van der Waals surface area contributed by atoms with Crippen LogP contribution in [0.25, 0.3) is 21.9 Å². The van der Waals surface area contributed by atoms with Crippen LogP contribution in [-0.2, 0) is 0 Å². The molecule has 0 spiro atoms. The minimum atomic E-state index is 0.579. The van der Waals surface area contributed by atoms with E-state index in [0.29, 0.717) is 6.04 Å². The molecule has 3 aromatic rings. The second-order valence-electron chi connectivity index (χ2n) is 6.58. The Kier molecular flexibility index (Phi) is 2.37. The maximum Gasteiger partial charge on any atom is 0.178 e. The van der Waals surface area contributed by atoms with E-state index < -0.39 is 0 Å². The number of fused-ring (bicyclic) bond motifs is 5. The van der Waals surface area contributed by atoms with Gasteiger partial charge in [0.25, 0.3) is 0 Å². The zero-order valence-corrected chi connectivity index (χ0v) is 12.6. The Labute approximate surface area is 128 Å². The van der Waals surface area contributed by atoms with Gasteiger partial charge >= 0.3 is 0 Å². The van der Waals surface area contributed by atoms with Crippen molar-refractivity contribution in [2.45, 2.75) is 31.7 Å². The molecule has 2 fully saturated rings. The molecule has 1 aromatic carbocycles. The van der Waals surface area contributed by atoms with Crippen molar-refractivity contribution in [2.75, 3.05) is 0 Å². The van der Waals surface area contributed by atoms with Crippen molar-refractivity contribution in [3.05, 3.63) is 35.2 Å². The van der Waals surface area contributed by atoms with E-state index in [0.717, 1.165) is 27.6 Å². The Bertz CT molecular complexity index is 907. The van der Waals surface area contributed by atoms with Gasteiger partial charge in [0.2, 0.25) is 0 Å². The van der Waals surface area contributed by atoms with E-state index in [4.69, 9.17) is 12.2 Å². The summed E-state index contributed by atoms with van der Waals surface area (Å²) in [5.41, 5.74) is 3.38. The number of pyridine rings is 1. The summed E-state index contributed by atoms with van der Waals surface area (Å²) < 4.78 is 3.26. The number of aromatic amines is 1. The summed E-state index contributed by atoms with van der Waals surface area (Å²) in [5, 5.41) is 1.21. The number of aromatic nitrogens is 3. The molecule has 0 radical (unpaired) electrons. The molecule has 2 aliphatic rings. The van der Waals surface area contributed by atoms with Gasteiger partial charge in [-0.1, -0.05) is 24.6 Å². The minimum absolute atomic E-state index is 0.579. The van der Waals surface area contributed by atoms with Crippen molar-refractivity contribution in [1.29, 1.82) is 0 Å². The first-order valence-corrected chi connectivity index (χ1v) is 8.20. The fourth-order valence-electron chi connectivity index (χ4n) is 4.60. The SMILES string of the molecule is S=c1[nH]c2cnc3ccccc3c2n1C1CC2CCC1C2. The van der Waals surface area contributed by atoms with E-state index in [1.54, 1.807) is 0 Å².